The summed E-state index contributed by atoms with van der Waals surface area (Å²) in [6.07, 6.45) is 2.08. The fraction of sp³-hybridized carbons (Fsp3) is 0.533. The van der Waals surface area contributed by atoms with Crippen LogP contribution in [0.2, 0.25) is 0 Å². The highest BCUT2D eigenvalue weighted by Gasteiger charge is 2.39. The number of carbonyl (C=O) groups excluding carboxylic acids is 1. The molecule has 0 aliphatic heterocycles. The van der Waals surface area contributed by atoms with Crippen molar-refractivity contribution in [1.82, 2.24) is 0 Å². The first kappa shape index (κ1) is 14.5. The molecule has 1 aliphatic carbocycles. The molecule has 0 spiro atoms. The molecule has 0 heterocycles. The highest BCUT2D eigenvalue weighted by Crippen LogP contribution is 2.47. The number of hydrogen-bond acceptors (Lipinski definition) is 5. The molecule has 1 aromatic rings. The van der Waals surface area contributed by atoms with Crippen molar-refractivity contribution in [2.75, 3.05) is 28.4 Å². The molecule has 1 aliphatic rings. The van der Waals surface area contributed by atoms with Gasteiger partial charge in [0.1, 0.15) is 0 Å². The molecule has 0 N–H and O–H groups in total. The van der Waals surface area contributed by atoms with Crippen molar-refractivity contribution in [2.24, 2.45) is 5.92 Å². The van der Waals surface area contributed by atoms with Gasteiger partial charge in [0.25, 0.3) is 0 Å². The lowest BCUT2D eigenvalue weighted by atomic mass is 9.93. The molecule has 0 amide bonds. The van der Waals surface area contributed by atoms with E-state index in [1.54, 1.807) is 21.3 Å². The lowest BCUT2D eigenvalue weighted by molar-refractivity contribution is -0.143. The van der Waals surface area contributed by atoms with Crippen molar-refractivity contribution < 1.29 is 23.7 Å². The summed E-state index contributed by atoms with van der Waals surface area (Å²) in [4.78, 5) is 12.0. The van der Waals surface area contributed by atoms with E-state index in [0.717, 1.165) is 18.4 Å². The van der Waals surface area contributed by atoms with Crippen LogP contribution in [0.25, 0.3) is 0 Å². The molecule has 0 bridgehead atoms. The summed E-state index contributed by atoms with van der Waals surface area (Å²) >= 11 is 0. The lowest BCUT2D eigenvalue weighted by Gasteiger charge is -2.18. The SMILES string of the molecule is COC(=O)C(c1cc(OC)c(OC)c(OC)c1)C1CC1. The molecule has 1 fully saturated rings. The normalized spacial score (nSPS) is 15.4. The van der Waals surface area contributed by atoms with Gasteiger partial charge in [-0.2, -0.15) is 0 Å². The van der Waals surface area contributed by atoms with Crippen molar-refractivity contribution in [3.8, 4) is 17.2 Å². The third kappa shape index (κ3) is 2.66. The van der Waals surface area contributed by atoms with Crippen LogP contribution in [0.4, 0.5) is 0 Å². The zero-order valence-electron chi connectivity index (χ0n) is 12.3. The van der Waals surface area contributed by atoms with E-state index < -0.39 is 0 Å². The summed E-state index contributed by atoms with van der Waals surface area (Å²) in [6, 6.07) is 3.64. The average Bonchev–Trinajstić information content (AvgIpc) is 3.30. The van der Waals surface area contributed by atoms with Gasteiger partial charge in [-0.1, -0.05) is 0 Å². The van der Waals surface area contributed by atoms with Gasteiger partial charge in [0.2, 0.25) is 5.75 Å². The number of methoxy groups -OCH3 is 4. The van der Waals surface area contributed by atoms with Gasteiger partial charge in [-0.15, -0.1) is 0 Å². The first-order chi connectivity index (χ1) is 9.65. The van der Waals surface area contributed by atoms with Gasteiger partial charge in [0.05, 0.1) is 34.4 Å². The molecular weight excluding hydrogens is 260 g/mol. The smallest absolute Gasteiger partial charge is 0.313 e. The molecule has 110 valence electrons. The van der Waals surface area contributed by atoms with Crippen LogP contribution in [0.5, 0.6) is 17.2 Å². The van der Waals surface area contributed by atoms with Crippen LogP contribution in [0, 0.1) is 5.92 Å². The van der Waals surface area contributed by atoms with E-state index in [1.165, 1.54) is 7.11 Å². The van der Waals surface area contributed by atoms with Gasteiger partial charge in [-0.3, -0.25) is 4.79 Å². The van der Waals surface area contributed by atoms with Crippen LogP contribution in [-0.2, 0) is 9.53 Å². The van der Waals surface area contributed by atoms with Gasteiger partial charge in [0, 0.05) is 0 Å². The third-order valence-corrected chi connectivity index (χ3v) is 3.59. The standard InChI is InChI=1S/C15H20O5/c1-17-11-7-10(8-12(18-2)14(11)19-3)13(9-5-6-9)15(16)20-4/h7-9,13H,5-6H2,1-4H3. The zero-order chi connectivity index (χ0) is 14.7. The van der Waals surface area contributed by atoms with E-state index in [4.69, 9.17) is 18.9 Å². The molecule has 5 heteroatoms. The molecule has 1 saturated carbocycles. The van der Waals surface area contributed by atoms with E-state index in [9.17, 15) is 4.79 Å². The summed E-state index contributed by atoms with van der Waals surface area (Å²) in [5, 5.41) is 0. The molecule has 5 nitrogen and oxygen atoms in total. The summed E-state index contributed by atoms with van der Waals surface area (Å²) in [6.45, 7) is 0. The van der Waals surface area contributed by atoms with E-state index in [-0.39, 0.29) is 11.9 Å². The van der Waals surface area contributed by atoms with Crippen LogP contribution >= 0.6 is 0 Å². The summed E-state index contributed by atoms with van der Waals surface area (Å²) in [5.41, 5.74) is 0.842. The molecule has 0 aromatic heterocycles. The number of carbonyl (C=O) groups is 1. The second-order valence-electron chi connectivity index (χ2n) is 4.80. The van der Waals surface area contributed by atoms with Gasteiger partial charge in [-0.05, 0) is 36.5 Å². The second kappa shape index (κ2) is 6.03. The quantitative estimate of drug-likeness (QED) is 0.749. The topological polar surface area (TPSA) is 54.0 Å². The Balaban J connectivity index is 2.47. The molecular formula is C15H20O5. The predicted molar refractivity (Wildman–Crippen MR) is 73.6 cm³/mol. The highest BCUT2D eigenvalue weighted by atomic mass is 16.5. The summed E-state index contributed by atoms with van der Waals surface area (Å²) < 4.78 is 20.9. The van der Waals surface area contributed by atoms with E-state index in [1.807, 2.05) is 12.1 Å². The Morgan fingerprint density at radius 1 is 1.05 bits per heavy atom. The summed E-state index contributed by atoms with van der Waals surface area (Å²) in [5.74, 6) is 1.48. The number of hydrogen-bond donors (Lipinski definition) is 0. The monoisotopic (exact) mass is 280 g/mol. The van der Waals surface area contributed by atoms with Gasteiger partial charge < -0.3 is 18.9 Å². The molecule has 0 saturated heterocycles. The van der Waals surface area contributed by atoms with E-state index in [2.05, 4.69) is 0 Å². The van der Waals surface area contributed by atoms with Gasteiger partial charge in [-0.25, -0.2) is 0 Å². The van der Waals surface area contributed by atoms with Crippen LogP contribution in [0.15, 0.2) is 12.1 Å². The van der Waals surface area contributed by atoms with Crippen molar-refractivity contribution in [1.29, 1.82) is 0 Å². The van der Waals surface area contributed by atoms with Gasteiger partial charge >= 0.3 is 5.97 Å². The predicted octanol–water partition coefficient (Wildman–Crippen LogP) is 2.38. The Kier molecular flexibility index (Phi) is 4.37. The number of esters is 1. The minimum absolute atomic E-state index is 0.221. The minimum atomic E-state index is -0.270. The number of benzene rings is 1. The first-order valence-electron chi connectivity index (χ1n) is 6.54. The molecule has 1 aromatic carbocycles. The van der Waals surface area contributed by atoms with Crippen molar-refractivity contribution in [3.63, 3.8) is 0 Å². The van der Waals surface area contributed by atoms with Gasteiger partial charge in [0.15, 0.2) is 11.5 Å². The van der Waals surface area contributed by atoms with Crippen LogP contribution in [0.3, 0.4) is 0 Å². The van der Waals surface area contributed by atoms with Crippen LogP contribution < -0.4 is 14.2 Å². The Labute approximate surface area is 118 Å². The zero-order valence-corrected chi connectivity index (χ0v) is 12.3. The van der Waals surface area contributed by atoms with E-state index >= 15 is 0 Å². The highest BCUT2D eigenvalue weighted by molar-refractivity contribution is 5.79. The van der Waals surface area contributed by atoms with Crippen molar-refractivity contribution in [3.05, 3.63) is 17.7 Å². The van der Waals surface area contributed by atoms with Crippen LogP contribution in [0.1, 0.15) is 24.3 Å². The maximum absolute atomic E-state index is 12.0. The summed E-state index contributed by atoms with van der Waals surface area (Å²) in [7, 11) is 6.09. The Morgan fingerprint density at radius 2 is 1.60 bits per heavy atom. The van der Waals surface area contributed by atoms with Crippen molar-refractivity contribution in [2.45, 2.75) is 18.8 Å². The Bertz CT molecular complexity index is 468. The van der Waals surface area contributed by atoms with E-state index in [0.29, 0.717) is 23.2 Å². The largest absolute Gasteiger partial charge is 0.493 e. The lowest BCUT2D eigenvalue weighted by Crippen LogP contribution is -2.16. The van der Waals surface area contributed by atoms with Crippen LogP contribution in [-0.4, -0.2) is 34.4 Å². The fourth-order valence-electron chi connectivity index (χ4n) is 2.44. The third-order valence-electron chi connectivity index (χ3n) is 3.59. The average molecular weight is 280 g/mol. The molecule has 2 rings (SSSR count). The first-order valence-corrected chi connectivity index (χ1v) is 6.54. The molecule has 0 radical (unpaired) electrons. The Morgan fingerprint density at radius 3 is 1.95 bits per heavy atom. The minimum Gasteiger partial charge on any atom is -0.493 e. The Hall–Kier alpha value is -1.91. The maximum Gasteiger partial charge on any atom is 0.313 e. The molecule has 20 heavy (non-hydrogen) atoms. The second-order valence-corrected chi connectivity index (χ2v) is 4.80. The molecule has 1 atom stereocenters. The number of ether oxygens (including phenoxy) is 4. The molecule has 1 unspecified atom stereocenters. The van der Waals surface area contributed by atoms with Crippen molar-refractivity contribution >= 4 is 5.97 Å². The maximum atomic E-state index is 12.0. The number of rotatable bonds is 6. The fourth-order valence-corrected chi connectivity index (χ4v) is 2.44.